The minimum absolute atomic E-state index is 0.142. The molecular weight excluding hydrogens is 459 g/mol. The van der Waals surface area contributed by atoms with Crippen molar-refractivity contribution >= 4 is 34.3 Å². The van der Waals surface area contributed by atoms with Crippen LogP contribution in [0.15, 0.2) is 59.8 Å². The molecule has 0 spiro atoms. The molecule has 2 N–H and O–H groups in total. The molecule has 0 aliphatic heterocycles. The molecule has 0 unspecified atom stereocenters. The third kappa shape index (κ3) is 6.03. The fourth-order valence-electron chi connectivity index (χ4n) is 4.40. The van der Waals surface area contributed by atoms with Gasteiger partial charge in [-0.2, -0.15) is 13.2 Å². The highest BCUT2D eigenvalue weighted by molar-refractivity contribution is 8.00. The van der Waals surface area contributed by atoms with E-state index in [4.69, 9.17) is 0 Å². The topological polar surface area (TPSA) is 54.0 Å². The molecule has 4 rings (SSSR count). The highest BCUT2D eigenvalue weighted by atomic mass is 32.2. The van der Waals surface area contributed by atoms with Gasteiger partial charge in [-0.1, -0.05) is 31.5 Å². The summed E-state index contributed by atoms with van der Waals surface area (Å²) < 4.78 is 40.1. The number of nitrogens with zero attached hydrogens (tertiary/aromatic N) is 1. The number of anilines is 1. The SMILES string of the molecule is CCC1CCC(Sc2cc(C(F)(F)F)ccc2CNC(=O)Nc2cccc3cnccc23)CC1. The molecule has 1 aliphatic carbocycles. The third-order valence-electron chi connectivity index (χ3n) is 6.43. The van der Waals surface area contributed by atoms with Crippen LogP contribution in [-0.2, 0) is 12.7 Å². The van der Waals surface area contributed by atoms with E-state index in [-0.39, 0.29) is 6.54 Å². The average Bonchev–Trinajstić information content (AvgIpc) is 2.83. The maximum absolute atomic E-state index is 13.4. The van der Waals surface area contributed by atoms with Gasteiger partial charge in [0.05, 0.1) is 11.3 Å². The van der Waals surface area contributed by atoms with Crippen LogP contribution in [0.5, 0.6) is 0 Å². The number of pyridine rings is 1. The van der Waals surface area contributed by atoms with E-state index in [0.29, 0.717) is 27.3 Å². The van der Waals surface area contributed by atoms with Crippen molar-refractivity contribution in [2.75, 3.05) is 5.32 Å². The highest BCUT2D eigenvalue weighted by Gasteiger charge is 2.31. The summed E-state index contributed by atoms with van der Waals surface area (Å²) in [4.78, 5) is 17.3. The monoisotopic (exact) mass is 487 g/mol. The Morgan fingerprint density at radius 1 is 1.12 bits per heavy atom. The van der Waals surface area contributed by atoms with E-state index in [0.717, 1.165) is 48.9 Å². The zero-order chi connectivity index (χ0) is 24.1. The Morgan fingerprint density at radius 2 is 1.91 bits per heavy atom. The first-order valence-electron chi connectivity index (χ1n) is 11.6. The van der Waals surface area contributed by atoms with Crippen LogP contribution in [0.3, 0.4) is 0 Å². The van der Waals surface area contributed by atoms with E-state index in [2.05, 4.69) is 22.5 Å². The molecule has 1 heterocycles. The Morgan fingerprint density at radius 3 is 2.65 bits per heavy atom. The van der Waals surface area contributed by atoms with E-state index in [1.807, 2.05) is 18.2 Å². The standard InChI is InChI=1S/C26H28F3N3OS/c1-2-17-6-10-21(11-7-17)34-24-14-20(26(27,28)29)9-8-19(24)16-31-25(33)32-23-5-3-4-18-15-30-13-12-22(18)23/h3-5,8-9,12-15,17,21H,2,6-7,10-11,16H2,1H3,(H2,31,32,33). The van der Waals surface area contributed by atoms with Crippen LogP contribution in [0, 0.1) is 5.92 Å². The number of halogens is 3. The van der Waals surface area contributed by atoms with Crippen molar-refractivity contribution in [1.29, 1.82) is 0 Å². The van der Waals surface area contributed by atoms with Gasteiger partial charge in [-0.25, -0.2) is 4.79 Å². The fourth-order valence-corrected chi connectivity index (χ4v) is 5.75. The molecule has 1 aliphatic rings. The molecule has 1 saturated carbocycles. The predicted molar refractivity (Wildman–Crippen MR) is 131 cm³/mol. The van der Waals surface area contributed by atoms with Crippen molar-refractivity contribution < 1.29 is 18.0 Å². The number of carbonyl (C=O) groups is 1. The van der Waals surface area contributed by atoms with Gasteiger partial charge in [-0.15, -0.1) is 11.8 Å². The van der Waals surface area contributed by atoms with Crippen LogP contribution in [0.2, 0.25) is 0 Å². The number of urea groups is 1. The van der Waals surface area contributed by atoms with Crippen molar-refractivity contribution in [2.24, 2.45) is 5.92 Å². The van der Waals surface area contributed by atoms with Crippen molar-refractivity contribution in [2.45, 2.75) is 61.9 Å². The van der Waals surface area contributed by atoms with Crippen LogP contribution in [0.25, 0.3) is 10.8 Å². The predicted octanol–water partition coefficient (Wildman–Crippen LogP) is 7.64. The molecule has 2 aromatic carbocycles. The van der Waals surface area contributed by atoms with Gasteiger partial charge >= 0.3 is 12.2 Å². The van der Waals surface area contributed by atoms with Gasteiger partial charge in [0, 0.05) is 39.9 Å². The molecule has 4 nitrogen and oxygen atoms in total. The summed E-state index contributed by atoms with van der Waals surface area (Å²) in [6.07, 6.45) is 4.36. The largest absolute Gasteiger partial charge is 0.416 e. The third-order valence-corrected chi connectivity index (χ3v) is 7.87. The molecule has 34 heavy (non-hydrogen) atoms. The Balaban J connectivity index is 1.46. The first-order valence-corrected chi connectivity index (χ1v) is 12.5. The molecule has 0 radical (unpaired) electrons. The molecule has 0 saturated heterocycles. The van der Waals surface area contributed by atoms with Crippen molar-refractivity contribution in [3.05, 3.63) is 66.0 Å². The maximum Gasteiger partial charge on any atom is 0.416 e. The lowest BCUT2D eigenvalue weighted by molar-refractivity contribution is -0.137. The van der Waals surface area contributed by atoms with Gasteiger partial charge < -0.3 is 10.6 Å². The Kier molecular flexibility index (Phi) is 7.66. The Hall–Kier alpha value is -2.74. The van der Waals surface area contributed by atoms with Crippen LogP contribution in [0.4, 0.5) is 23.7 Å². The summed E-state index contributed by atoms with van der Waals surface area (Å²) in [7, 11) is 0. The lowest BCUT2D eigenvalue weighted by Gasteiger charge is -2.28. The second kappa shape index (κ2) is 10.7. The van der Waals surface area contributed by atoms with Gasteiger partial charge in [0.1, 0.15) is 0 Å². The molecule has 1 aromatic heterocycles. The molecular formula is C26H28F3N3OS. The summed E-state index contributed by atoms with van der Waals surface area (Å²) in [5.74, 6) is 0.716. The first-order chi connectivity index (χ1) is 16.3. The number of benzene rings is 2. The highest BCUT2D eigenvalue weighted by Crippen LogP contribution is 2.40. The van der Waals surface area contributed by atoms with Crippen molar-refractivity contribution in [3.8, 4) is 0 Å². The summed E-state index contributed by atoms with van der Waals surface area (Å²) >= 11 is 1.51. The van der Waals surface area contributed by atoms with E-state index >= 15 is 0 Å². The minimum Gasteiger partial charge on any atom is -0.334 e. The normalized spacial score (nSPS) is 18.6. The van der Waals surface area contributed by atoms with Crippen molar-refractivity contribution in [1.82, 2.24) is 10.3 Å². The number of carbonyl (C=O) groups excluding carboxylic acids is 1. The number of aromatic nitrogens is 1. The quantitative estimate of drug-likeness (QED) is 0.376. The Labute approximate surface area is 201 Å². The number of rotatable bonds is 6. The van der Waals surface area contributed by atoms with E-state index in [9.17, 15) is 18.0 Å². The van der Waals surface area contributed by atoms with Crippen molar-refractivity contribution in [3.63, 3.8) is 0 Å². The van der Waals surface area contributed by atoms with Crippen LogP contribution < -0.4 is 10.6 Å². The summed E-state index contributed by atoms with van der Waals surface area (Å²) in [5, 5.41) is 7.70. The summed E-state index contributed by atoms with van der Waals surface area (Å²) in [5.41, 5.74) is 0.676. The van der Waals surface area contributed by atoms with E-state index in [1.165, 1.54) is 23.9 Å². The number of alkyl halides is 3. The van der Waals surface area contributed by atoms with Gasteiger partial charge in [0.15, 0.2) is 0 Å². The molecule has 1 fully saturated rings. The van der Waals surface area contributed by atoms with Crippen LogP contribution in [-0.4, -0.2) is 16.3 Å². The van der Waals surface area contributed by atoms with Gasteiger partial charge in [-0.3, -0.25) is 4.98 Å². The van der Waals surface area contributed by atoms with E-state index < -0.39 is 17.8 Å². The Bertz CT molecular complexity index is 1140. The zero-order valence-electron chi connectivity index (χ0n) is 19.0. The number of nitrogens with one attached hydrogen (secondary N) is 2. The number of hydrogen-bond acceptors (Lipinski definition) is 3. The van der Waals surface area contributed by atoms with Crippen LogP contribution in [0.1, 0.15) is 50.2 Å². The first kappa shape index (κ1) is 24.4. The lowest BCUT2D eigenvalue weighted by Crippen LogP contribution is -2.28. The van der Waals surface area contributed by atoms with E-state index in [1.54, 1.807) is 18.5 Å². The number of fused-ring (bicyclic) bond motifs is 1. The summed E-state index contributed by atoms with van der Waals surface area (Å²) in [6.45, 7) is 2.33. The molecule has 0 atom stereocenters. The number of amides is 2. The summed E-state index contributed by atoms with van der Waals surface area (Å²) in [6, 6.07) is 10.7. The zero-order valence-corrected chi connectivity index (χ0v) is 19.8. The fraction of sp³-hybridized carbons (Fsp3) is 0.385. The molecule has 3 aromatic rings. The van der Waals surface area contributed by atoms with Gasteiger partial charge in [0.25, 0.3) is 0 Å². The minimum atomic E-state index is -4.40. The van der Waals surface area contributed by atoms with Gasteiger partial charge in [-0.05, 0) is 61.4 Å². The van der Waals surface area contributed by atoms with Crippen LogP contribution >= 0.6 is 11.8 Å². The maximum atomic E-state index is 13.4. The average molecular weight is 488 g/mol. The smallest absolute Gasteiger partial charge is 0.334 e. The number of thioether (sulfide) groups is 1. The number of hydrogen-bond donors (Lipinski definition) is 2. The molecule has 2 amide bonds. The second-order valence-electron chi connectivity index (χ2n) is 8.70. The molecule has 0 bridgehead atoms. The lowest BCUT2D eigenvalue weighted by atomic mass is 9.87. The second-order valence-corrected chi connectivity index (χ2v) is 10.0. The van der Waals surface area contributed by atoms with Gasteiger partial charge in [0.2, 0.25) is 0 Å². The molecule has 180 valence electrons. The molecule has 8 heteroatoms.